The molecule has 2 N–H and O–H groups in total. The Morgan fingerprint density at radius 2 is 1.71 bits per heavy atom. The van der Waals surface area contributed by atoms with Crippen LogP contribution >= 0.6 is 0 Å². The first-order chi connectivity index (χ1) is 16.8. The van der Waals surface area contributed by atoms with Crippen LogP contribution in [0.25, 0.3) is 10.9 Å². The molecule has 5 aromatic rings. The number of hydrogen-bond acceptors (Lipinski definition) is 3. The van der Waals surface area contributed by atoms with Crippen molar-refractivity contribution in [3.8, 4) is 5.75 Å². The molecule has 0 radical (unpaired) electrons. The number of carbonyl (C=O) groups is 1. The van der Waals surface area contributed by atoms with E-state index in [2.05, 4.69) is 16.4 Å². The fourth-order valence-electron chi connectivity index (χ4n) is 4.18. The third kappa shape index (κ3) is 5.04. The van der Waals surface area contributed by atoms with E-state index in [0.29, 0.717) is 19.6 Å². The standard InChI is InChI=1S/C29H26N2O3/c32-29(31-18-24-9-6-16-33-24)17-26(27-19-30-28-11-5-4-10-25(27)28)22-12-14-23(15-13-22)34-20-21-7-2-1-3-8-21/h1-16,19,26,30H,17-18,20H2,(H,31,32)/t26-/m0/s1. The molecule has 0 unspecified atom stereocenters. The summed E-state index contributed by atoms with van der Waals surface area (Å²) in [5.41, 5.74) is 4.34. The summed E-state index contributed by atoms with van der Waals surface area (Å²) >= 11 is 0. The summed E-state index contributed by atoms with van der Waals surface area (Å²) in [5, 5.41) is 4.10. The quantitative estimate of drug-likeness (QED) is 0.282. The van der Waals surface area contributed by atoms with Crippen LogP contribution < -0.4 is 10.1 Å². The zero-order valence-electron chi connectivity index (χ0n) is 18.7. The highest BCUT2D eigenvalue weighted by atomic mass is 16.5. The third-order valence-electron chi connectivity index (χ3n) is 5.96. The van der Waals surface area contributed by atoms with E-state index >= 15 is 0 Å². The topological polar surface area (TPSA) is 67.3 Å². The average Bonchev–Trinajstić information content (AvgIpc) is 3.56. The van der Waals surface area contributed by atoms with Crippen LogP contribution in [0.1, 0.15) is 34.8 Å². The largest absolute Gasteiger partial charge is 0.489 e. The Labute approximate surface area is 198 Å². The second-order valence-electron chi connectivity index (χ2n) is 8.25. The minimum absolute atomic E-state index is 0.0314. The lowest BCUT2D eigenvalue weighted by atomic mass is 9.88. The van der Waals surface area contributed by atoms with E-state index in [4.69, 9.17) is 9.15 Å². The molecule has 0 bridgehead atoms. The Hall–Kier alpha value is -4.25. The molecule has 0 saturated heterocycles. The van der Waals surface area contributed by atoms with Crippen molar-refractivity contribution in [2.75, 3.05) is 0 Å². The number of carbonyl (C=O) groups excluding carboxylic acids is 1. The molecule has 0 saturated carbocycles. The Balaban J connectivity index is 1.35. The molecule has 5 heteroatoms. The maximum atomic E-state index is 12.9. The number of amides is 1. The summed E-state index contributed by atoms with van der Waals surface area (Å²) in [5.74, 6) is 1.40. The van der Waals surface area contributed by atoms with Crippen molar-refractivity contribution in [1.29, 1.82) is 0 Å². The SMILES string of the molecule is O=C(C[C@@H](c1ccc(OCc2ccccc2)cc1)c1c[nH]c2ccccc12)NCc1ccco1. The smallest absolute Gasteiger partial charge is 0.221 e. The van der Waals surface area contributed by atoms with Crippen LogP contribution in [0.3, 0.4) is 0 Å². The number of hydrogen-bond donors (Lipinski definition) is 2. The van der Waals surface area contributed by atoms with Gasteiger partial charge in [0.1, 0.15) is 18.1 Å². The summed E-state index contributed by atoms with van der Waals surface area (Å²) in [6.07, 6.45) is 3.94. The Morgan fingerprint density at radius 1 is 0.912 bits per heavy atom. The highest BCUT2D eigenvalue weighted by Crippen LogP contribution is 2.34. The van der Waals surface area contributed by atoms with Gasteiger partial charge in [-0.05, 0) is 47.0 Å². The first-order valence-electron chi connectivity index (χ1n) is 11.4. The van der Waals surface area contributed by atoms with Crippen molar-refractivity contribution in [3.63, 3.8) is 0 Å². The molecule has 5 rings (SSSR count). The van der Waals surface area contributed by atoms with Crippen molar-refractivity contribution in [2.45, 2.75) is 25.5 Å². The minimum atomic E-state index is -0.101. The van der Waals surface area contributed by atoms with Crippen LogP contribution in [-0.4, -0.2) is 10.9 Å². The van der Waals surface area contributed by atoms with Crippen molar-refractivity contribution in [2.24, 2.45) is 0 Å². The molecule has 2 aromatic heterocycles. The Kier molecular flexibility index (Phi) is 6.43. The molecule has 1 amide bonds. The van der Waals surface area contributed by atoms with Gasteiger partial charge in [0.15, 0.2) is 0 Å². The number of benzene rings is 3. The molecular formula is C29H26N2O3. The van der Waals surface area contributed by atoms with E-state index in [1.54, 1.807) is 6.26 Å². The van der Waals surface area contributed by atoms with Crippen LogP contribution in [0.2, 0.25) is 0 Å². The van der Waals surface area contributed by atoms with E-state index in [1.165, 1.54) is 0 Å². The molecular weight excluding hydrogens is 424 g/mol. The van der Waals surface area contributed by atoms with Gasteiger partial charge in [0.25, 0.3) is 0 Å². The number of nitrogens with one attached hydrogen (secondary N) is 2. The summed E-state index contributed by atoms with van der Waals surface area (Å²) in [6, 6.07) is 30.0. The molecule has 2 heterocycles. The van der Waals surface area contributed by atoms with E-state index in [-0.39, 0.29) is 11.8 Å². The van der Waals surface area contributed by atoms with E-state index in [1.807, 2.05) is 91.1 Å². The summed E-state index contributed by atoms with van der Waals surface area (Å²) in [7, 11) is 0. The van der Waals surface area contributed by atoms with E-state index < -0.39 is 0 Å². The minimum Gasteiger partial charge on any atom is -0.489 e. The van der Waals surface area contributed by atoms with Gasteiger partial charge in [0.05, 0.1) is 12.8 Å². The summed E-state index contributed by atoms with van der Waals surface area (Å²) < 4.78 is 11.3. The second-order valence-corrected chi connectivity index (χ2v) is 8.25. The number of ether oxygens (including phenoxy) is 1. The van der Waals surface area contributed by atoms with Crippen LogP contribution in [0.15, 0.2) is 108 Å². The molecule has 170 valence electrons. The number of rotatable bonds is 9. The predicted octanol–water partition coefficient (Wildman–Crippen LogP) is 6.18. The van der Waals surface area contributed by atoms with E-state index in [0.717, 1.165) is 39.1 Å². The summed E-state index contributed by atoms with van der Waals surface area (Å²) in [4.78, 5) is 16.2. The van der Waals surface area contributed by atoms with Gasteiger partial charge in [-0.1, -0.05) is 60.7 Å². The average molecular weight is 451 g/mol. The number of H-pyrrole nitrogens is 1. The number of para-hydroxylation sites is 1. The van der Waals surface area contributed by atoms with Gasteiger partial charge in [-0.25, -0.2) is 0 Å². The molecule has 0 aliphatic carbocycles. The fraction of sp³-hybridized carbons (Fsp3) is 0.138. The molecule has 0 aliphatic heterocycles. The van der Waals surface area contributed by atoms with Gasteiger partial charge in [-0.15, -0.1) is 0 Å². The monoisotopic (exact) mass is 450 g/mol. The zero-order chi connectivity index (χ0) is 23.2. The van der Waals surface area contributed by atoms with Crippen LogP contribution in [0.5, 0.6) is 5.75 Å². The molecule has 5 nitrogen and oxygen atoms in total. The third-order valence-corrected chi connectivity index (χ3v) is 5.96. The lowest BCUT2D eigenvalue weighted by molar-refractivity contribution is -0.121. The first kappa shape index (κ1) is 21.6. The molecule has 1 atom stereocenters. The van der Waals surface area contributed by atoms with Crippen molar-refractivity contribution >= 4 is 16.8 Å². The number of fused-ring (bicyclic) bond motifs is 1. The van der Waals surface area contributed by atoms with Crippen molar-refractivity contribution in [3.05, 3.63) is 126 Å². The normalized spacial score (nSPS) is 11.9. The first-order valence-corrected chi connectivity index (χ1v) is 11.4. The molecule has 3 aromatic carbocycles. The van der Waals surface area contributed by atoms with Gasteiger partial charge >= 0.3 is 0 Å². The summed E-state index contributed by atoms with van der Waals surface area (Å²) in [6.45, 7) is 0.889. The van der Waals surface area contributed by atoms with Gasteiger partial charge < -0.3 is 19.5 Å². The van der Waals surface area contributed by atoms with Gasteiger partial charge in [0.2, 0.25) is 5.91 Å². The Morgan fingerprint density at radius 3 is 2.50 bits per heavy atom. The maximum Gasteiger partial charge on any atom is 0.221 e. The van der Waals surface area contributed by atoms with Gasteiger partial charge in [-0.3, -0.25) is 4.79 Å². The Bertz CT molecular complexity index is 1340. The number of furan rings is 1. The van der Waals surface area contributed by atoms with Crippen LogP contribution in [0.4, 0.5) is 0 Å². The van der Waals surface area contributed by atoms with Gasteiger partial charge in [-0.2, -0.15) is 0 Å². The number of aromatic nitrogens is 1. The van der Waals surface area contributed by atoms with Crippen LogP contribution in [0, 0.1) is 0 Å². The fourth-order valence-corrected chi connectivity index (χ4v) is 4.18. The number of aromatic amines is 1. The highest BCUT2D eigenvalue weighted by molar-refractivity contribution is 5.86. The van der Waals surface area contributed by atoms with Crippen LogP contribution in [-0.2, 0) is 17.9 Å². The lowest BCUT2D eigenvalue weighted by Gasteiger charge is -2.18. The predicted molar refractivity (Wildman–Crippen MR) is 133 cm³/mol. The lowest BCUT2D eigenvalue weighted by Crippen LogP contribution is -2.24. The van der Waals surface area contributed by atoms with E-state index in [9.17, 15) is 4.79 Å². The molecule has 0 aliphatic rings. The maximum absolute atomic E-state index is 12.9. The molecule has 34 heavy (non-hydrogen) atoms. The second kappa shape index (κ2) is 10.1. The van der Waals surface area contributed by atoms with Crippen molar-refractivity contribution < 1.29 is 13.9 Å². The molecule has 0 fully saturated rings. The highest BCUT2D eigenvalue weighted by Gasteiger charge is 2.21. The molecule has 0 spiro atoms. The van der Waals surface area contributed by atoms with Crippen molar-refractivity contribution in [1.82, 2.24) is 10.3 Å². The zero-order valence-corrected chi connectivity index (χ0v) is 18.7. The van der Waals surface area contributed by atoms with Gasteiger partial charge in [0, 0.05) is 29.4 Å².